The molecule has 2 rings (SSSR count). The van der Waals surface area contributed by atoms with E-state index < -0.39 is 0 Å². The lowest BCUT2D eigenvalue weighted by Crippen LogP contribution is -2.39. The van der Waals surface area contributed by atoms with Gasteiger partial charge in [-0.05, 0) is 45.2 Å². The fourth-order valence-corrected chi connectivity index (χ4v) is 3.71. The van der Waals surface area contributed by atoms with Gasteiger partial charge in [-0.3, -0.25) is 4.99 Å². The van der Waals surface area contributed by atoms with Crippen LogP contribution in [0.5, 0.6) is 0 Å². The zero-order valence-electron chi connectivity index (χ0n) is 15.9. The van der Waals surface area contributed by atoms with Crippen LogP contribution < -0.4 is 10.6 Å². The average Bonchev–Trinajstić information content (AvgIpc) is 2.91. The molecular formula is C19H38N4O. The molecule has 5 nitrogen and oxygen atoms in total. The van der Waals surface area contributed by atoms with Crippen molar-refractivity contribution in [3.8, 4) is 0 Å². The highest BCUT2D eigenvalue weighted by molar-refractivity contribution is 5.79. The van der Waals surface area contributed by atoms with Gasteiger partial charge in [-0.15, -0.1) is 0 Å². The summed E-state index contributed by atoms with van der Waals surface area (Å²) in [7, 11) is 0. The van der Waals surface area contributed by atoms with Gasteiger partial charge in [0.05, 0.1) is 12.7 Å². The minimum absolute atomic E-state index is 0.479. The average molecular weight is 339 g/mol. The topological polar surface area (TPSA) is 48.9 Å². The van der Waals surface area contributed by atoms with E-state index in [2.05, 4.69) is 29.4 Å². The fourth-order valence-electron chi connectivity index (χ4n) is 3.71. The Hall–Kier alpha value is -0.810. The summed E-state index contributed by atoms with van der Waals surface area (Å²) in [6.45, 7) is 11.4. The first-order valence-electron chi connectivity index (χ1n) is 10.2. The van der Waals surface area contributed by atoms with Crippen LogP contribution in [0, 0.1) is 5.92 Å². The number of nitrogens with zero attached hydrogens (tertiary/aromatic N) is 2. The van der Waals surface area contributed by atoms with Crippen LogP contribution in [0.15, 0.2) is 4.99 Å². The Morgan fingerprint density at radius 3 is 2.54 bits per heavy atom. The van der Waals surface area contributed by atoms with Crippen LogP contribution in [-0.4, -0.2) is 62.8 Å². The van der Waals surface area contributed by atoms with E-state index in [-0.39, 0.29) is 0 Å². The Labute approximate surface area is 148 Å². The highest BCUT2D eigenvalue weighted by atomic mass is 16.5. The summed E-state index contributed by atoms with van der Waals surface area (Å²) in [6.07, 6.45) is 9.66. The lowest BCUT2D eigenvalue weighted by molar-refractivity contribution is 0.0468. The van der Waals surface area contributed by atoms with Crippen molar-refractivity contribution in [2.24, 2.45) is 10.9 Å². The Kier molecular flexibility index (Phi) is 9.51. The highest BCUT2D eigenvalue weighted by Crippen LogP contribution is 2.19. The molecule has 1 saturated carbocycles. The molecule has 1 saturated heterocycles. The number of likely N-dealkylation sites (tertiary alicyclic amines) is 1. The van der Waals surface area contributed by atoms with Crippen molar-refractivity contribution in [3.63, 3.8) is 0 Å². The van der Waals surface area contributed by atoms with Gasteiger partial charge in [-0.1, -0.05) is 32.6 Å². The third-order valence-corrected chi connectivity index (χ3v) is 5.22. The fraction of sp³-hybridized carbons (Fsp3) is 0.947. The van der Waals surface area contributed by atoms with Crippen LogP contribution in [0.1, 0.15) is 58.8 Å². The molecule has 2 aliphatic rings. The molecule has 1 heterocycles. The maximum Gasteiger partial charge on any atom is 0.191 e. The van der Waals surface area contributed by atoms with Crippen LogP contribution in [0.4, 0.5) is 0 Å². The summed E-state index contributed by atoms with van der Waals surface area (Å²) >= 11 is 0. The van der Waals surface area contributed by atoms with E-state index in [1.165, 1.54) is 58.0 Å². The Morgan fingerprint density at radius 1 is 1.08 bits per heavy atom. The molecule has 0 radical (unpaired) electrons. The van der Waals surface area contributed by atoms with Gasteiger partial charge in [0, 0.05) is 26.2 Å². The van der Waals surface area contributed by atoms with E-state index in [0.717, 1.165) is 38.7 Å². The Balaban J connectivity index is 1.63. The van der Waals surface area contributed by atoms with E-state index in [0.29, 0.717) is 12.0 Å². The van der Waals surface area contributed by atoms with Crippen molar-refractivity contribution in [3.05, 3.63) is 0 Å². The van der Waals surface area contributed by atoms with Crippen molar-refractivity contribution < 1.29 is 4.74 Å². The largest absolute Gasteiger partial charge is 0.376 e. The molecule has 0 aromatic heterocycles. The maximum absolute atomic E-state index is 6.05. The van der Waals surface area contributed by atoms with Crippen molar-refractivity contribution in [2.45, 2.75) is 64.9 Å². The quantitative estimate of drug-likeness (QED) is 0.309. The maximum atomic E-state index is 6.05. The molecule has 2 fully saturated rings. The zero-order chi connectivity index (χ0) is 17.0. The molecule has 1 aliphatic carbocycles. The van der Waals surface area contributed by atoms with Gasteiger partial charge >= 0.3 is 0 Å². The van der Waals surface area contributed by atoms with Crippen LogP contribution in [0.3, 0.4) is 0 Å². The monoisotopic (exact) mass is 338 g/mol. The summed E-state index contributed by atoms with van der Waals surface area (Å²) in [5, 5.41) is 6.78. The molecule has 140 valence electrons. The number of ether oxygens (including phenoxy) is 1. The summed E-state index contributed by atoms with van der Waals surface area (Å²) in [5.74, 6) is 1.65. The molecule has 0 amide bonds. The third-order valence-electron chi connectivity index (χ3n) is 5.22. The molecule has 5 heteroatoms. The van der Waals surface area contributed by atoms with Crippen molar-refractivity contribution in [1.29, 1.82) is 0 Å². The van der Waals surface area contributed by atoms with E-state index >= 15 is 0 Å². The van der Waals surface area contributed by atoms with E-state index in [4.69, 9.17) is 9.73 Å². The number of hydrogen-bond acceptors (Lipinski definition) is 3. The second-order valence-corrected chi connectivity index (χ2v) is 7.18. The van der Waals surface area contributed by atoms with Crippen molar-refractivity contribution in [1.82, 2.24) is 15.5 Å². The number of aliphatic imine (C=N–C) groups is 1. The van der Waals surface area contributed by atoms with Crippen LogP contribution in [-0.2, 0) is 4.74 Å². The van der Waals surface area contributed by atoms with Gasteiger partial charge in [0.1, 0.15) is 0 Å². The molecule has 0 spiro atoms. The van der Waals surface area contributed by atoms with E-state index in [9.17, 15) is 0 Å². The van der Waals surface area contributed by atoms with Crippen LogP contribution >= 0.6 is 0 Å². The zero-order valence-corrected chi connectivity index (χ0v) is 15.9. The van der Waals surface area contributed by atoms with E-state index in [1.54, 1.807) is 0 Å². The smallest absolute Gasteiger partial charge is 0.191 e. The third kappa shape index (κ3) is 7.39. The second kappa shape index (κ2) is 11.7. The van der Waals surface area contributed by atoms with Gasteiger partial charge < -0.3 is 20.3 Å². The first kappa shape index (κ1) is 19.5. The standard InChI is InChI=1S/C19H38N4O/c1-3-20-19(22-15-17-11-13-23(4-2)16-17)21-12-14-24-18-9-7-5-6-8-10-18/h17-18H,3-16H2,1-2H3,(H2,20,21,22). The predicted octanol–water partition coefficient (Wildman–Crippen LogP) is 2.62. The van der Waals surface area contributed by atoms with Crippen LogP contribution in [0.25, 0.3) is 0 Å². The Bertz CT molecular complexity index is 353. The lowest BCUT2D eigenvalue weighted by atomic mass is 10.1. The summed E-state index contributed by atoms with van der Waals surface area (Å²) in [5.41, 5.74) is 0. The molecule has 1 atom stereocenters. The molecule has 2 N–H and O–H groups in total. The number of rotatable bonds is 8. The summed E-state index contributed by atoms with van der Waals surface area (Å²) < 4.78 is 6.05. The summed E-state index contributed by atoms with van der Waals surface area (Å²) in [6, 6.07) is 0. The van der Waals surface area contributed by atoms with E-state index in [1.807, 2.05) is 0 Å². The predicted molar refractivity (Wildman–Crippen MR) is 102 cm³/mol. The van der Waals surface area contributed by atoms with Crippen molar-refractivity contribution in [2.75, 3.05) is 45.9 Å². The van der Waals surface area contributed by atoms with Gasteiger partial charge in [-0.2, -0.15) is 0 Å². The normalized spacial score (nSPS) is 24.1. The molecule has 0 aromatic carbocycles. The molecule has 1 unspecified atom stereocenters. The Morgan fingerprint density at radius 2 is 1.88 bits per heavy atom. The van der Waals surface area contributed by atoms with Crippen LogP contribution in [0.2, 0.25) is 0 Å². The van der Waals surface area contributed by atoms with Gasteiger partial charge in [0.15, 0.2) is 5.96 Å². The summed E-state index contributed by atoms with van der Waals surface area (Å²) in [4.78, 5) is 7.29. The van der Waals surface area contributed by atoms with Gasteiger partial charge in [0.25, 0.3) is 0 Å². The number of guanidine groups is 1. The highest BCUT2D eigenvalue weighted by Gasteiger charge is 2.20. The first-order valence-corrected chi connectivity index (χ1v) is 10.2. The minimum Gasteiger partial charge on any atom is -0.376 e. The number of nitrogens with one attached hydrogen (secondary N) is 2. The van der Waals surface area contributed by atoms with Gasteiger partial charge in [-0.25, -0.2) is 0 Å². The minimum atomic E-state index is 0.479. The molecule has 0 bridgehead atoms. The van der Waals surface area contributed by atoms with Crippen molar-refractivity contribution >= 4 is 5.96 Å². The van der Waals surface area contributed by atoms with Gasteiger partial charge in [0.2, 0.25) is 0 Å². The molecule has 0 aromatic rings. The number of hydrogen-bond donors (Lipinski definition) is 2. The molecule has 1 aliphatic heterocycles. The SMILES string of the molecule is CCNC(=NCC1CCN(CC)C1)NCCOC1CCCCCC1. The second-order valence-electron chi connectivity index (χ2n) is 7.18. The first-order chi connectivity index (χ1) is 11.8. The molecular weight excluding hydrogens is 300 g/mol. The lowest BCUT2D eigenvalue weighted by Gasteiger charge is -2.17. The molecule has 24 heavy (non-hydrogen) atoms.